The molecule has 0 aromatic rings. The van der Waals surface area contributed by atoms with Gasteiger partial charge in [0.15, 0.2) is 6.61 Å². The highest BCUT2D eigenvalue weighted by atomic mass is 16.6. The minimum atomic E-state index is -0.390. The van der Waals surface area contributed by atoms with Crippen LogP contribution in [0.3, 0.4) is 0 Å². The minimum absolute atomic E-state index is 0.0188. The molecule has 2 rings (SSSR count). The summed E-state index contributed by atoms with van der Waals surface area (Å²) >= 11 is 0. The quantitative estimate of drug-likeness (QED) is 0.714. The molecule has 0 amide bonds. The van der Waals surface area contributed by atoms with E-state index in [0.717, 1.165) is 38.5 Å². The summed E-state index contributed by atoms with van der Waals surface area (Å²) in [5.74, 6) is 0.884. The molecule has 132 valence electrons. The molecule has 0 heterocycles. The van der Waals surface area contributed by atoms with Crippen molar-refractivity contribution in [2.45, 2.75) is 78.2 Å². The molecule has 4 nitrogen and oxygen atoms in total. The first-order valence-corrected chi connectivity index (χ1v) is 9.33. The molecule has 0 saturated heterocycles. The SMILES string of the molecule is CC(C)[C@@H]1CC[C@@H](C)C[C@@H]1OC(=O)COC(=O)C1CCCCC1. The Hall–Kier alpha value is -1.06. The third-order valence-corrected chi connectivity index (χ3v) is 5.51. The van der Waals surface area contributed by atoms with E-state index < -0.39 is 0 Å². The first-order valence-electron chi connectivity index (χ1n) is 9.33. The van der Waals surface area contributed by atoms with Crippen molar-refractivity contribution in [2.75, 3.05) is 6.61 Å². The van der Waals surface area contributed by atoms with Gasteiger partial charge in [-0.05, 0) is 43.4 Å². The lowest BCUT2D eigenvalue weighted by atomic mass is 9.75. The molecule has 2 saturated carbocycles. The largest absolute Gasteiger partial charge is 0.460 e. The average Bonchev–Trinajstić information content (AvgIpc) is 2.53. The van der Waals surface area contributed by atoms with Crippen LogP contribution in [-0.2, 0) is 19.1 Å². The summed E-state index contributed by atoms with van der Waals surface area (Å²) in [5.41, 5.74) is 0. The highest BCUT2D eigenvalue weighted by molar-refractivity contribution is 5.77. The zero-order valence-electron chi connectivity index (χ0n) is 14.9. The normalized spacial score (nSPS) is 29.3. The maximum Gasteiger partial charge on any atom is 0.344 e. The van der Waals surface area contributed by atoms with E-state index in [1.165, 1.54) is 12.8 Å². The maximum absolute atomic E-state index is 12.1. The van der Waals surface area contributed by atoms with Crippen molar-refractivity contribution in [2.24, 2.45) is 23.7 Å². The van der Waals surface area contributed by atoms with E-state index in [4.69, 9.17) is 9.47 Å². The molecule has 23 heavy (non-hydrogen) atoms. The molecule has 3 atom stereocenters. The summed E-state index contributed by atoms with van der Waals surface area (Å²) in [6.07, 6.45) is 8.35. The van der Waals surface area contributed by atoms with Crippen LogP contribution >= 0.6 is 0 Å². The number of rotatable bonds is 5. The predicted molar refractivity (Wildman–Crippen MR) is 88.8 cm³/mol. The van der Waals surface area contributed by atoms with Gasteiger partial charge in [-0.15, -0.1) is 0 Å². The Labute approximate surface area is 140 Å². The Kier molecular flexibility index (Phi) is 6.91. The van der Waals surface area contributed by atoms with E-state index in [1.807, 2.05) is 0 Å². The second-order valence-electron chi connectivity index (χ2n) is 7.80. The van der Waals surface area contributed by atoms with Gasteiger partial charge in [0.1, 0.15) is 6.10 Å². The Bertz CT molecular complexity index is 398. The van der Waals surface area contributed by atoms with Gasteiger partial charge >= 0.3 is 11.9 Å². The van der Waals surface area contributed by atoms with Crippen LogP contribution < -0.4 is 0 Å². The Morgan fingerprint density at radius 2 is 1.74 bits per heavy atom. The van der Waals surface area contributed by atoms with Gasteiger partial charge in [0, 0.05) is 0 Å². The summed E-state index contributed by atoms with van der Waals surface area (Å²) in [6, 6.07) is 0. The van der Waals surface area contributed by atoms with Crippen LogP contribution in [0.5, 0.6) is 0 Å². The summed E-state index contributed by atoms with van der Waals surface area (Å²) in [7, 11) is 0. The second kappa shape index (κ2) is 8.70. The second-order valence-corrected chi connectivity index (χ2v) is 7.80. The Balaban J connectivity index is 1.77. The highest BCUT2D eigenvalue weighted by Crippen LogP contribution is 2.35. The molecule has 0 unspecified atom stereocenters. The average molecular weight is 324 g/mol. The number of carbonyl (C=O) groups is 2. The maximum atomic E-state index is 12.1. The highest BCUT2D eigenvalue weighted by Gasteiger charge is 2.33. The first-order chi connectivity index (χ1) is 11.0. The minimum Gasteiger partial charge on any atom is -0.460 e. The van der Waals surface area contributed by atoms with Crippen molar-refractivity contribution in [3.8, 4) is 0 Å². The van der Waals surface area contributed by atoms with Crippen LogP contribution in [0.15, 0.2) is 0 Å². The fourth-order valence-corrected chi connectivity index (χ4v) is 4.04. The van der Waals surface area contributed by atoms with Gasteiger partial charge in [-0.25, -0.2) is 4.79 Å². The van der Waals surface area contributed by atoms with E-state index in [1.54, 1.807) is 0 Å². The molecular formula is C19H32O4. The molecule has 2 aliphatic carbocycles. The Morgan fingerprint density at radius 3 is 2.39 bits per heavy atom. The zero-order valence-corrected chi connectivity index (χ0v) is 14.9. The summed E-state index contributed by atoms with van der Waals surface area (Å²) in [4.78, 5) is 24.1. The van der Waals surface area contributed by atoms with Gasteiger partial charge in [0.05, 0.1) is 5.92 Å². The van der Waals surface area contributed by atoms with Crippen LogP contribution in [-0.4, -0.2) is 24.6 Å². The van der Waals surface area contributed by atoms with E-state index in [9.17, 15) is 9.59 Å². The molecule has 4 heteroatoms. The standard InChI is InChI=1S/C19H32O4/c1-13(2)16-10-9-14(3)11-17(16)23-18(20)12-22-19(21)15-7-5-4-6-8-15/h13-17H,4-12H2,1-3H3/t14-,16+,17+/m1/s1. The van der Waals surface area contributed by atoms with Crippen molar-refractivity contribution in [3.63, 3.8) is 0 Å². The molecule has 2 fully saturated rings. The van der Waals surface area contributed by atoms with E-state index in [-0.39, 0.29) is 30.6 Å². The van der Waals surface area contributed by atoms with Gasteiger partial charge in [-0.3, -0.25) is 4.79 Å². The summed E-state index contributed by atoms with van der Waals surface area (Å²) < 4.78 is 10.9. The van der Waals surface area contributed by atoms with E-state index in [0.29, 0.717) is 17.8 Å². The molecule has 0 aromatic carbocycles. The third-order valence-electron chi connectivity index (χ3n) is 5.51. The number of hydrogen-bond acceptors (Lipinski definition) is 4. The third kappa shape index (κ3) is 5.50. The number of carbonyl (C=O) groups excluding carboxylic acids is 2. The van der Waals surface area contributed by atoms with Crippen molar-refractivity contribution < 1.29 is 19.1 Å². The van der Waals surface area contributed by atoms with Crippen LogP contribution in [0.2, 0.25) is 0 Å². The Morgan fingerprint density at radius 1 is 1.04 bits per heavy atom. The molecule has 0 radical (unpaired) electrons. The molecule has 0 N–H and O–H groups in total. The topological polar surface area (TPSA) is 52.6 Å². The molecular weight excluding hydrogens is 292 g/mol. The molecule has 0 aliphatic heterocycles. The van der Waals surface area contributed by atoms with Gasteiger partial charge in [0.2, 0.25) is 0 Å². The smallest absolute Gasteiger partial charge is 0.344 e. The monoisotopic (exact) mass is 324 g/mol. The summed E-state index contributed by atoms with van der Waals surface area (Å²) in [6.45, 7) is 6.35. The lowest BCUT2D eigenvalue weighted by molar-refractivity contribution is -0.169. The lowest BCUT2D eigenvalue weighted by Crippen LogP contribution is -2.37. The zero-order chi connectivity index (χ0) is 16.8. The fourth-order valence-electron chi connectivity index (χ4n) is 4.04. The van der Waals surface area contributed by atoms with Crippen molar-refractivity contribution in [3.05, 3.63) is 0 Å². The molecule has 0 spiro atoms. The number of esters is 2. The fraction of sp³-hybridized carbons (Fsp3) is 0.895. The van der Waals surface area contributed by atoms with Crippen molar-refractivity contribution in [1.29, 1.82) is 0 Å². The van der Waals surface area contributed by atoms with Crippen molar-refractivity contribution in [1.82, 2.24) is 0 Å². The van der Waals surface area contributed by atoms with Crippen LogP contribution in [0.1, 0.15) is 72.1 Å². The number of hydrogen-bond donors (Lipinski definition) is 0. The number of ether oxygens (including phenoxy) is 2. The van der Waals surface area contributed by atoms with E-state index >= 15 is 0 Å². The van der Waals surface area contributed by atoms with Gasteiger partial charge in [-0.1, -0.05) is 46.5 Å². The lowest BCUT2D eigenvalue weighted by Gasteiger charge is -2.36. The summed E-state index contributed by atoms with van der Waals surface area (Å²) in [5, 5.41) is 0. The van der Waals surface area contributed by atoms with Crippen LogP contribution in [0, 0.1) is 23.7 Å². The van der Waals surface area contributed by atoms with Gasteiger partial charge in [0.25, 0.3) is 0 Å². The van der Waals surface area contributed by atoms with Gasteiger partial charge in [-0.2, -0.15) is 0 Å². The van der Waals surface area contributed by atoms with Crippen LogP contribution in [0.4, 0.5) is 0 Å². The van der Waals surface area contributed by atoms with Crippen LogP contribution in [0.25, 0.3) is 0 Å². The first kappa shape index (κ1) is 18.3. The molecule has 2 aliphatic rings. The predicted octanol–water partition coefficient (Wildman–Crippen LogP) is 4.11. The van der Waals surface area contributed by atoms with E-state index in [2.05, 4.69) is 20.8 Å². The molecule has 0 bridgehead atoms. The molecule has 0 aromatic heterocycles. The van der Waals surface area contributed by atoms with Crippen molar-refractivity contribution >= 4 is 11.9 Å². The van der Waals surface area contributed by atoms with Gasteiger partial charge < -0.3 is 9.47 Å².